The van der Waals surface area contributed by atoms with Crippen molar-refractivity contribution >= 4 is 11.6 Å². The van der Waals surface area contributed by atoms with E-state index in [9.17, 15) is 0 Å². The fourth-order valence-corrected chi connectivity index (χ4v) is 3.67. The van der Waals surface area contributed by atoms with Crippen molar-refractivity contribution in [3.05, 3.63) is 33.8 Å². The molecule has 1 aliphatic heterocycles. The second-order valence-electron chi connectivity index (χ2n) is 7.33. The Morgan fingerprint density at radius 1 is 1.15 bits per heavy atom. The number of nitrogens with zero attached hydrogens (tertiary/aromatic N) is 1. The van der Waals surface area contributed by atoms with E-state index in [0.29, 0.717) is 12.0 Å². The first kappa shape index (κ1) is 15.9. The minimum Gasteiger partial charge on any atom is -0.292 e. The summed E-state index contributed by atoms with van der Waals surface area (Å²) in [5.74, 6) is 0.529. The van der Waals surface area contributed by atoms with Crippen molar-refractivity contribution in [1.82, 2.24) is 4.90 Å². The van der Waals surface area contributed by atoms with E-state index in [1.54, 1.807) is 0 Å². The third-order valence-electron chi connectivity index (χ3n) is 4.71. The van der Waals surface area contributed by atoms with E-state index in [1.165, 1.54) is 23.1 Å². The second kappa shape index (κ2) is 5.69. The van der Waals surface area contributed by atoms with Gasteiger partial charge in [-0.15, -0.1) is 0 Å². The summed E-state index contributed by atoms with van der Waals surface area (Å²) in [6, 6.07) is 5.10. The van der Waals surface area contributed by atoms with Crippen LogP contribution in [0, 0.1) is 0 Å². The van der Waals surface area contributed by atoms with Gasteiger partial charge in [0.05, 0.1) is 0 Å². The van der Waals surface area contributed by atoms with E-state index < -0.39 is 0 Å². The summed E-state index contributed by atoms with van der Waals surface area (Å²) in [5.41, 5.74) is 4.39. The molecule has 1 heterocycles. The normalized spacial score (nSPS) is 19.2. The summed E-state index contributed by atoms with van der Waals surface area (Å²) in [5, 5.41) is 0.965. The zero-order chi connectivity index (χ0) is 15.1. The highest BCUT2D eigenvalue weighted by atomic mass is 35.5. The van der Waals surface area contributed by atoms with Gasteiger partial charge < -0.3 is 0 Å². The number of hydrogen-bond acceptors (Lipinski definition) is 1. The summed E-state index contributed by atoms with van der Waals surface area (Å²) in [7, 11) is 0. The van der Waals surface area contributed by atoms with Gasteiger partial charge in [-0.25, -0.2) is 0 Å². The molecule has 1 aromatic rings. The van der Waals surface area contributed by atoms with Gasteiger partial charge in [-0.3, -0.25) is 4.90 Å². The molecule has 0 atom stereocenters. The van der Waals surface area contributed by atoms with Crippen LogP contribution >= 0.6 is 11.6 Å². The van der Waals surface area contributed by atoms with Gasteiger partial charge in [0.2, 0.25) is 0 Å². The molecule has 1 aliphatic rings. The molecule has 112 valence electrons. The van der Waals surface area contributed by atoms with Gasteiger partial charge in [-0.1, -0.05) is 31.5 Å². The predicted molar refractivity (Wildman–Crippen MR) is 88.6 cm³/mol. The summed E-state index contributed by atoms with van der Waals surface area (Å²) < 4.78 is 0. The first-order chi connectivity index (χ1) is 9.22. The standard InChI is InChI=1S/C18H28ClN/c1-12(2)14-9-15-11-20(13(3)4)18(5,6)8-7-16(15)17(19)10-14/h9-10,12-13H,7-8,11H2,1-6H3. The Balaban J connectivity index is 2.47. The summed E-state index contributed by atoms with van der Waals surface area (Å²) >= 11 is 6.57. The highest BCUT2D eigenvalue weighted by molar-refractivity contribution is 6.31. The molecule has 0 saturated heterocycles. The quantitative estimate of drug-likeness (QED) is 0.706. The van der Waals surface area contributed by atoms with Crippen molar-refractivity contribution in [1.29, 1.82) is 0 Å². The van der Waals surface area contributed by atoms with Gasteiger partial charge in [0.15, 0.2) is 0 Å². The largest absolute Gasteiger partial charge is 0.292 e. The lowest BCUT2D eigenvalue weighted by molar-refractivity contribution is 0.0738. The predicted octanol–water partition coefficient (Wildman–Crippen LogP) is 5.40. The van der Waals surface area contributed by atoms with E-state index in [-0.39, 0.29) is 5.54 Å². The van der Waals surface area contributed by atoms with Gasteiger partial charge in [0.25, 0.3) is 0 Å². The molecule has 2 rings (SSSR count). The lowest BCUT2D eigenvalue weighted by Crippen LogP contribution is -2.46. The molecule has 0 amide bonds. The first-order valence-corrected chi connectivity index (χ1v) is 8.18. The molecule has 0 radical (unpaired) electrons. The molecule has 0 N–H and O–H groups in total. The molecule has 0 fully saturated rings. The molecule has 0 spiro atoms. The average Bonchev–Trinajstić information content (AvgIpc) is 2.46. The lowest BCUT2D eigenvalue weighted by atomic mass is 9.93. The maximum Gasteiger partial charge on any atom is 0.0444 e. The Kier molecular flexibility index (Phi) is 4.51. The molecule has 0 unspecified atom stereocenters. The summed E-state index contributed by atoms with van der Waals surface area (Å²) in [6.07, 6.45) is 2.25. The van der Waals surface area contributed by atoms with Gasteiger partial charge >= 0.3 is 0 Å². The van der Waals surface area contributed by atoms with Crippen molar-refractivity contribution in [2.75, 3.05) is 0 Å². The van der Waals surface area contributed by atoms with Gasteiger partial charge in [-0.05, 0) is 69.2 Å². The van der Waals surface area contributed by atoms with Crippen molar-refractivity contribution in [3.63, 3.8) is 0 Å². The lowest BCUT2D eigenvalue weighted by Gasteiger charge is -2.40. The van der Waals surface area contributed by atoms with E-state index in [0.717, 1.165) is 18.0 Å². The Bertz CT molecular complexity index is 488. The molecule has 2 heteroatoms. The molecular formula is C18H28ClN. The van der Waals surface area contributed by atoms with Crippen LogP contribution < -0.4 is 0 Å². The van der Waals surface area contributed by atoms with Crippen LogP contribution in [0.4, 0.5) is 0 Å². The maximum absolute atomic E-state index is 6.57. The number of hydrogen-bond donors (Lipinski definition) is 0. The maximum atomic E-state index is 6.57. The number of rotatable bonds is 2. The van der Waals surface area contributed by atoms with E-state index in [1.807, 2.05) is 0 Å². The van der Waals surface area contributed by atoms with Gasteiger partial charge in [-0.2, -0.15) is 0 Å². The van der Waals surface area contributed by atoms with Crippen molar-refractivity contribution < 1.29 is 0 Å². The van der Waals surface area contributed by atoms with E-state index >= 15 is 0 Å². The monoisotopic (exact) mass is 293 g/mol. The van der Waals surface area contributed by atoms with Crippen LogP contribution in [0.3, 0.4) is 0 Å². The molecule has 1 aromatic carbocycles. The highest BCUT2D eigenvalue weighted by Gasteiger charge is 2.32. The second-order valence-corrected chi connectivity index (χ2v) is 7.74. The Morgan fingerprint density at radius 3 is 2.35 bits per heavy atom. The fraction of sp³-hybridized carbons (Fsp3) is 0.667. The van der Waals surface area contributed by atoms with Gasteiger partial charge in [0, 0.05) is 23.1 Å². The van der Waals surface area contributed by atoms with E-state index in [2.05, 4.69) is 58.6 Å². The first-order valence-electron chi connectivity index (χ1n) is 7.80. The van der Waals surface area contributed by atoms with Gasteiger partial charge in [0.1, 0.15) is 0 Å². The smallest absolute Gasteiger partial charge is 0.0444 e. The third-order valence-corrected chi connectivity index (χ3v) is 5.04. The highest BCUT2D eigenvalue weighted by Crippen LogP contribution is 2.36. The minimum absolute atomic E-state index is 0.231. The molecule has 0 saturated carbocycles. The van der Waals surface area contributed by atoms with Crippen LogP contribution in [0.5, 0.6) is 0 Å². The van der Waals surface area contributed by atoms with Crippen LogP contribution in [-0.4, -0.2) is 16.5 Å². The Hall–Kier alpha value is -0.530. The fourth-order valence-electron chi connectivity index (χ4n) is 3.32. The molecule has 1 nitrogen and oxygen atoms in total. The molecular weight excluding hydrogens is 266 g/mol. The van der Waals surface area contributed by atoms with Crippen LogP contribution in [0.25, 0.3) is 0 Å². The zero-order valence-electron chi connectivity index (χ0n) is 13.8. The van der Waals surface area contributed by atoms with Crippen molar-refractivity contribution in [3.8, 4) is 0 Å². The summed E-state index contributed by atoms with van der Waals surface area (Å²) in [4.78, 5) is 2.61. The molecule has 0 aliphatic carbocycles. The van der Waals surface area contributed by atoms with E-state index in [4.69, 9.17) is 11.6 Å². The zero-order valence-corrected chi connectivity index (χ0v) is 14.5. The Morgan fingerprint density at radius 2 is 1.80 bits per heavy atom. The SMILES string of the molecule is CC(C)c1cc(Cl)c2c(c1)CN(C(C)C)C(C)(C)CC2. The number of halogens is 1. The third kappa shape index (κ3) is 3.04. The van der Waals surface area contributed by atoms with Crippen LogP contribution in [0.15, 0.2) is 12.1 Å². The summed E-state index contributed by atoms with van der Waals surface area (Å²) in [6.45, 7) is 14.8. The number of fused-ring (bicyclic) bond motifs is 1. The topological polar surface area (TPSA) is 3.24 Å². The van der Waals surface area contributed by atoms with Crippen LogP contribution in [-0.2, 0) is 13.0 Å². The molecule has 20 heavy (non-hydrogen) atoms. The molecule has 0 aromatic heterocycles. The van der Waals surface area contributed by atoms with Crippen LogP contribution in [0.2, 0.25) is 5.02 Å². The Labute approximate surface area is 129 Å². The van der Waals surface area contributed by atoms with Crippen molar-refractivity contribution in [2.24, 2.45) is 0 Å². The minimum atomic E-state index is 0.231. The average molecular weight is 294 g/mol. The number of benzene rings is 1. The molecule has 0 bridgehead atoms. The van der Waals surface area contributed by atoms with Crippen LogP contribution in [0.1, 0.15) is 70.6 Å². The van der Waals surface area contributed by atoms with Crippen molar-refractivity contribution in [2.45, 2.75) is 78.4 Å².